The Morgan fingerprint density at radius 3 is 2.58 bits per heavy atom. The van der Waals surface area contributed by atoms with Crippen molar-refractivity contribution in [3.8, 4) is 0 Å². The zero-order chi connectivity index (χ0) is 12.8. The molecule has 1 N–H and O–H groups in total. The van der Waals surface area contributed by atoms with Gasteiger partial charge in [0.15, 0.2) is 5.17 Å². The first-order chi connectivity index (χ1) is 9.29. The molecule has 2 bridgehead atoms. The highest BCUT2D eigenvalue weighted by Crippen LogP contribution is 2.45. The Kier molecular flexibility index (Phi) is 3.09. The molecular weight excluding hydrogens is 256 g/mol. The van der Waals surface area contributed by atoms with E-state index < -0.39 is 0 Å². The van der Waals surface area contributed by atoms with Crippen molar-refractivity contribution in [1.29, 1.82) is 0 Å². The van der Waals surface area contributed by atoms with Crippen molar-refractivity contribution in [1.82, 2.24) is 5.32 Å². The maximum Gasteiger partial charge on any atom is 0.261 e. The Balaban J connectivity index is 1.38. The quantitative estimate of drug-likeness (QED) is 0.844. The molecule has 0 saturated heterocycles. The molecule has 0 spiro atoms. The molecule has 0 radical (unpaired) electrons. The number of carbonyl (C=O) groups excluding carboxylic acids is 1. The summed E-state index contributed by atoms with van der Waals surface area (Å²) in [5, 5.41) is 4.64. The van der Waals surface area contributed by atoms with E-state index in [-0.39, 0.29) is 11.2 Å². The maximum atomic E-state index is 12.1. The molecule has 4 atom stereocenters. The topological polar surface area (TPSA) is 41.5 Å². The molecule has 4 aliphatic rings. The summed E-state index contributed by atoms with van der Waals surface area (Å²) in [5.74, 6) is 2.49. The van der Waals surface area contributed by atoms with Crippen molar-refractivity contribution in [3.63, 3.8) is 0 Å². The lowest BCUT2D eigenvalue weighted by Gasteiger charge is -2.23. The number of nitrogens with zero attached hydrogens (tertiary/aromatic N) is 1. The smallest absolute Gasteiger partial charge is 0.261 e. The zero-order valence-corrected chi connectivity index (χ0v) is 12.1. The van der Waals surface area contributed by atoms with Crippen molar-refractivity contribution < 1.29 is 4.79 Å². The van der Waals surface area contributed by atoms with Crippen LogP contribution in [0.4, 0.5) is 0 Å². The average molecular weight is 278 g/mol. The monoisotopic (exact) mass is 278 g/mol. The fraction of sp³-hybridized carbons (Fsp3) is 0.867. The Morgan fingerprint density at radius 1 is 1.05 bits per heavy atom. The molecule has 3 aliphatic carbocycles. The molecule has 3 saturated carbocycles. The minimum atomic E-state index is 0.127. The molecule has 0 aromatic heterocycles. The van der Waals surface area contributed by atoms with E-state index >= 15 is 0 Å². The number of hydrogen-bond acceptors (Lipinski definition) is 3. The Labute approximate surface area is 119 Å². The van der Waals surface area contributed by atoms with Crippen LogP contribution < -0.4 is 5.32 Å². The predicted molar refractivity (Wildman–Crippen MR) is 78.2 cm³/mol. The molecule has 1 heterocycles. The van der Waals surface area contributed by atoms with E-state index in [1.54, 1.807) is 11.8 Å². The second kappa shape index (κ2) is 4.80. The van der Waals surface area contributed by atoms with Gasteiger partial charge in [-0.2, -0.15) is 4.99 Å². The van der Waals surface area contributed by atoms with Gasteiger partial charge in [0.05, 0.1) is 5.25 Å². The van der Waals surface area contributed by atoms with E-state index in [1.165, 1.54) is 51.4 Å². The van der Waals surface area contributed by atoms with Gasteiger partial charge in [-0.3, -0.25) is 4.79 Å². The number of rotatable bonds is 2. The SMILES string of the molecule is O=C1N=C(N[C@H]2C[C@@H]3CCC2C3)SC1C1CCCC1. The van der Waals surface area contributed by atoms with Gasteiger partial charge in [0.25, 0.3) is 5.91 Å². The van der Waals surface area contributed by atoms with Gasteiger partial charge < -0.3 is 5.32 Å². The summed E-state index contributed by atoms with van der Waals surface area (Å²) in [7, 11) is 0. The van der Waals surface area contributed by atoms with Crippen LogP contribution in [0.1, 0.15) is 51.4 Å². The molecular formula is C15H22N2OS. The largest absolute Gasteiger partial charge is 0.361 e. The van der Waals surface area contributed by atoms with Crippen LogP contribution in [0, 0.1) is 17.8 Å². The van der Waals surface area contributed by atoms with Crippen molar-refractivity contribution >= 4 is 22.8 Å². The van der Waals surface area contributed by atoms with E-state index in [9.17, 15) is 4.79 Å². The number of aliphatic imine (C=N–C) groups is 1. The van der Waals surface area contributed by atoms with Gasteiger partial charge in [0.2, 0.25) is 0 Å². The number of nitrogens with one attached hydrogen (secondary N) is 1. The van der Waals surface area contributed by atoms with Crippen LogP contribution >= 0.6 is 11.8 Å². The number of fused-ring (bicyclic) bond motifs is 2. The van der Waals surface area contributed by atoms with Crippen LogP contribution in [0.25, 0.3) is 0 Å². The second-order valence-corrected chi connectivity index (χ2v) is 7.89. The summed E-state index contributed by atoms with van der Waals surface area (Å²) in [4.78, 5) is 16.3. The lowest BCUT2D eigenvalue weighted by Crippen LogP contribution is -2.36. The number of amides is 1. The van der Waals surface area contributed by atoms with Gasteiger partial charge in [-0.1, -0.05) is 31.0 Å². The highest BCUT2D eigenvalue weighted by Gasteiger charge is 2.42. The molecule has 1 aliphatic heterocycles. The third-order valence-corrected chi connectivity index (χ3v) is 6.84. The Morgan fingerprint density at radius 2 is 1.89 bits per heavy atom. The average Bonchev–Trinajstić information content (AvgIpc) is 3.12. The molecule has 4 heteroatoms. The number of amidine groups is 1. The zero-order valence-electron chi connectivity index (χ0n) is 11.3. The summed E-state index contributed by atoms with van der Waals surface area (Å²) in [6.45, 7) is 0. The first-order valence-electron chi connectivity index (χ1n) is 7.85. The highest BCUT2D eigenvalue weighted by atomic mass is 32.2. The van der Waals surface area contributed by atoms with Crippen molar-refractivity contribution in [2.24, 2.45) is 22.7 Å². The fourth-order valence-corrected chi connectivity index (χ4v) is 5.79. The molecule has 19 heavy (non-hydrogen) atoms. The third-order valence-electron chi connectivity index (χ3n) is 5.57. The lowest BCUT2D eigenvalue weighted by atomic mass is 9.96. The van der Waals surface area contributed by atoms with Gasteiger partial charge in [-0.25, -0.2) is 0 Å². The molecule has 3 nitrogen and oxygen atoms in total. The normalized spacial score (nSPS) is 42.1. The van der Waals surface area contributed by atoms with Crippen LogP contribution in [0.3, 0.4) is 0 Å². The molecule has 4 rings (SSSR count). The predicted octanol–water partition coefficient (Wildman–Crippen LogP) is 2.95. The Bertz CT molecular complexity index is 416. The lowest BCUT2D eigenvalue weighted by molar-refractivity contribution is -0.117. The minimum Gasteiger partial charge on any atom is -0.361 e. The van der Waals surface area contributed by atoms with Gasteiger partial charge in [0, 0.05) is 6.04 Å². The summed E-state index contributed by atoms with van der Waals surface area (Å²) in [5.41, 5.74) is 0. The van der Waals surface area contributed by atoms with Gasteiger partial charge >= 0.3 is 0 Å². The van der Waals surface area contributed by atoms with E-state index in [0.717, 1.165) is 17.0 Å². The molecule has 2 unspecified atom stereocenters. The third kappa shape index (κ3) is 2.22. The van der Waals surface area contributed by atoms with Crippen molar-refractivity contribution in [3.05, 3.63) is 0 Å². The number of thioether (sulfide) groups is 1. The molecule has 3 fully saturated rings. The van der Waals surface area contributed by atoms with Gasteiger partial charge in [-0.05, 0) is 49.9 Å². The van der Waals surface area contributed by atoms with Crippen LogP contribution in [0.15, 0.2) is 4.99 Å². The standard InChI is InChI=1S/C15H22N2OS/c18-14-13(10-3-1-2-4-10)19-15(17-14)16-12-8-9-5-6-11(12)7-9/h9-13H,1-8H2,(H,16,17,18)/t9-,11?,12+,13?/m1/s1. The van der Waals surface area contributed by atoms with Crippen molar-refractivity contribution in [2.45, 2.75) is 62.7 Å². The fourth-order valence-electron chi connectivity index (χ4n) is 4.57. The minimum absolute atomic E-state index is 0.127. The maximum absolute atomic E-state index is 12.1. The highest BCUT2D eigenvalue weighted by molar-refractivity contribution is 8.15. The first-order valence-corrected chi connectivity index (χ1v) is 8.73. The van der Waals surface area contributed by atoms with Gasteiger partial charge in [0.1, 0.15) is 0 Å². The molecule has 0 aromatic rings. The summed E-state index contributed by atoms with van der Waals surface area (Å²) in [6.07, 6.45) is 10.5. The van der Waals surface area contributed by atoms with Crippen LogP contribution in [0.5, 0.6) is 0 Å². The van der Waals surface area contributed by atoms with E-state index in [1.807, 2.05) is 0 Å². The summed E-state index contributed by atoms with van der Waals surface area (Å²) >= 11 is 1.72. The molecule has 104 valence electrons. The number of hydrogen-bond donors (Lipinski definition) is 1. The van der Waals surface area contributed by atoms with E-state index in [0.29, 0.717) is 12.0 Å². The van der Waals surface area contributed by atoms with Crippen LogP contribution in [0.2, 0.25) is 0 Å². The van der Waals surface area contributed by atoms with E-state index in [2.05, 4.69) is 10.3 Å². The number of carbonyl (C=O) groups is 1. The van der Waals surface area contributed by atoms with E-state index in [4.69, 9.17) is 0 Å². The first kappa shape index (κ1) is 12.2. The van der Waals surface area contributed by atoms with Gasteiger partial charge in [-0.15, -0.1) is 0 Å². The van der Waals surface area contributed by atoms with Crippen LogP contribution in [-0.2, 0) is 4.79 Å². The summed E-state index contributed by atoms with van der Waals surface area (Å²) in [6, 6.07) is 0.597. The summed E-state index contributed by atoms with van der Waals surface area (Å²) < 4.78 is 0. The second-order valence-electron chi connectivity index (χ2n) is 6.76. The van der Waals surface area contributed by atoms with Crippen LogP contribution in [-0.4, -0.2) is 22.4 Å². The Hall–Kier alpha value is -0.510. The van der Waals surface area contributed by atoms with Crippen molar-refractivity contribution in [2.75, 3.05) is 0 Å². The molecule has 1 amide bonds. The molecule has 0 aromatic carbocycles.